The van der Waals surface area contributed by atoms with Crippen molar-refractivity contribution in [3.05, 3.63) is 10.9 Å². The van der Waals surface area contributed by atoms with Crippen LogP contribution in [0.4, 0.5) is 11.8 Å². The number of nitrogens with zero attached hydrogens (tertiary/aromatic N) is 2. The van der Waals surface area contributed by atoms with Gasteiger partial charge in [0.15, 0.2) is 0 Å². The van der Waals surface area contributed by atoms with Gasteiger partial charge >= 0.3 is 0 Å². The van der Waals surface area contributed by atoms with Crippen LogP contribution in [0.15, 0.2) is 6.07 Å². The Morgan fingerprint density at radius 1 is 1.40 bits per heavy atom. The third kappa shape index (κ3) is 3.58. The third-order valence-electron chi connectivity index (χ3n) is 2.99. The molecular weight excluding hydrogens is 272 g/mol. The second kappa shape index (κ2) is 6.85. The van der Waals surface area contributed by atoms with Crippen LogP contribution in [0.5, 0.6) is 0 Å². The Bertz CT molecular complexity index is 570. The van der Waals surface area contributed by atoms with E-state index in [9.17, 15) is 0 Å². The lowest BCUT2D eigenvalue weighted by atomic mass is 10.2. The fraction of sp³-hybridized carbons (Fsp3) is 0.571. The maximum absolute atomic E-state index is 9.02. The van der Waals surface area contributed by atoms with Gasteiger partial charge < -0.3 is 15.7 Å². The molecule has 2 aromatic rings. The molecule has 2 heterocycles. The first-order valence-electron chi connectivity index (χ1n) is 7.03. The smallest absolute Gasteiger partial charge is 0.226 e. The Morgan fingerprint density at radius 2 is 2.20 bits per heavy atom. The molecular formula is C14H22N4OS. The van der Waals surface area contributed by atoms with Gasteiger partial charge in [0.1, 0.15) is 10.6 Å². The topological polar surface area (TPSA) is 70.1 Å². The van der Waals surface area contributed by atoms with Gasteiger partial charge in [-0.3, -0.25) is 0 Å². The van der Waals surface area contributed by atoms with Crippen LogP contribution in [-0.2, 0) is 0 Å². The lowest BCUT2D eigenvalue weighted by Crippen LogP contribution is -2.18. The molecule has 0 spiro atoms. The predicted octanol–water partition coefficient (Wildman–Crippen LogP) is 3.00. The third-order valence-corrected chi connectivity index (χ3v) is 3.94. The van der Waals surface area contributed by atoms with Crippen molar-refractivity contribution in [3.8, 4) is 0 Å². The first kappa shape index (κ1) is 15.0. The quantitative estimate of drug-likeness (QED) is 0.732. The number of aromatic nitrogens is 2. The second-order valence-corrected chi connectivity index (χ2v) is 6.19. The zero-order valence-electron chi connectivity index (χ0n) is 12.2. The van der Waals surface area contributed by atoms with Crippen LogP contribution in [0.3, 0.4) is 0 Å². The summed E-state index contributed by atoms with van der Waals surface area (Å²) in [5.74, 6) is 1.51. The first-order chi connectivity index (χ1) is 9.63. The van der Waals surface area contributed by atoms with Crippen molar-refractivity contribution >= 4 is 33.3 Å². The number of aliphatic hydroxyl groups is 1. The summed E-state index contributed by atoms with van der Waals surface area (Å²) in [5, 5.41) is 16.7. The summed E-state index contributed by atoms with van der Waals surface area (Å²) in [4.78, 5) is 11.3. The summed E-state index contributed by atoms with van der Waals surface area (Å²) in [6, 6.07) is 2.29. The zero-order chi connectivity index (χ0) is 14.5. The Labute approximate surface area is 123 Å². The van der Waals surface area contributed by atoms with E-state index in [4.69, 9.17) is 5.11 Å². The summed E-state index contributed by atoms with van der Waals surface area (Å²) >= 11 is 1.67. The molecule has 110 valence electrons. The van der Waals surface area contributed by atoms with E-state index >= 15 is 0 Å². The Kier molecular flexibility index (Phi) is 5.14. The van der Waals surface area contributed by atoms with Crippen molar-refractivity contribution in [3.63, 3.8) is 0 Å². The van der Waals surface area contributed by atoms with E-state index < -0.39 is 0 Å². The number of hydrogen-bond donors (Lipinski definition) is 3. The van der Waals surface area contributed by atoms with Gasteiger partial charge in [-0.2, -0.15) is 4.98 Å². The number of rotatable bonds is 7. The molecule has 1 unspecified atom stereocenters. The zero-order valence-corrected chi connectivity index (χ0v) is 13.0. The van der Waals surface area contributed by atoms with Crippen LogP contribution < -0.4 is 10.6 Å². The van der Waals surface area contributed by atoms with Gasteiger partial charge in [0.25, 0.3) is 0 Å². The summed E-state index contributed by atoms with van der Waals surface area (Å²) in [6.45, 7) is 7.27. The van der Waals surface area contributed by atoms with Crippen molar-refractivity contribution < 1.29 is 5.11 Å². The molecule has 0 aliphatic rings. The summed E-state index contributed by atoms with van der Waals surface area (Å²) in [7, 11) is 0. The van der Waals surface area contributed by atoms with Gasteiger partial charge in [0.2, 0.25) is 5.95 Å². The van der Waals surface area contributed by atoms with Crippen molar-refractivity contribution in [1.29, 1.82) is 0 Å². The Morgan fingerprint density at radius 3 is 2.90 bits per heavy atom. The fourth-order valence-electron chi connectivity index (χ4n) is 1.97. The highest BCUT2D eigenvalue weighted by Crippen LogP contribution is 2.30. The highest BCUT2D eigenvalue weighted by molar-refractivity contribution is 7.18. The highest BCUT2D eigenvalue weighted by Gasteiger charge is 2.12. The van der Waals surface area contributed by atoms with Gasteiger partial charge in [0, 0.05) is 24.1 Å². The minimum absolute atomic E-state index is 0.173. The molecule has 0 saturated carbocycles. The van der Waals surface area contributed by atoms with E-state index in [0.717, 1.165) is 29.0 Å². The van der Waals surface area contributed by atoms with Crippen LogP contribution in [0.2, 0.25) is 0 Å². The van der Waals surface area contributed by atoms with Crippen LogP contribution in [0, 0.1) is 6.92 Å². The molecule has 3 N–H and O–H groups in total. The highest BCUT2D eigenvalue weighted by atomic mass is 32.1. The summed E-state index contributed by atoms with van der Waals surface area (Å²) < 4.78 is 0. The predicted molar refractivity (Wildman–Crippen MR) is 85.7 cm³/mol. The molecule has 0 bridgehead atoms. The number of aliphatic hydroxyl groups excluding tert-OH is 1. The van der Waals surface area contributed by atoms with Crippen LogP contribution >= 0.6 is 11.3 Å². The minimum Gasteiger partial charge on any atom is -0.396 e. The molecule has 0 saturated heterocycles. The number of aryl methyl sites for hydroxylation is 1. The van der Waals surface area contributed by atoms with E-state index in [2.05, 4.69) is 40.5 Å². The van der Waals surface area contributed by atoms with Crippen molar-refractivity contribution in [2.45, 2.75) is 39.7 Å². The van der Waals surface area contributed by atoms with Crippen molar-refractivity contribution in [2.75, 3.05) is 23.8 Å². The van der Waals surface area contributed by atoms with E-state index in [1.54, 1.807) is 11.3 Å². The van der Waals surface area contributed by atoms with Crippen LogP contribution in [0.1, 0.15) is 31.6 Å². The average Bonchev–Trinajstić information content (AvgIpc) is 2.77. The molecule has 1 atom stereocenters. The maximum Gasteiger partial charge on any atom is 0.226 e. The average molecular weight is 294 g/mol. The molecule has 0 radical (unpaired) electrons. The van der Waals surface area contributed by atoms with Gasteiger partial charge in [-0.25, -0.2) is 4.98 Å². The molecule has 2 aromatic heterocycles. The van der Waals surface area contributed by atoms with Crippen LogP contribution in [0.25, 0.3) is 10.2 Å². The molecule has 0 aromatic carbocycles. The first-order valence-corrected chi connectivity index (χ1v) is 7.85. The second-order valence-electron chi connectivity index (χ2n) is 4.96. The van der Waals surface area contributed by atoms with E-state index in [1.807, 2.05) is 6.92 Å². The number of nitrogens with one attached hydrogen (secondary N) is 2. The molecule has 5 nitrogen and oxygen atoms in total. The van der Waals surface area contributed by atoms with E-state index in [0.29, 0.717) is 12.4 Å². The molecule has 0 aliphatic heterocycles. The molecule has 6 heteroatoms. The number of hydrogen-bond acceptors (Lipinski definition) is 6. The van der Waals surface area contributed by atoms with Gasteiger partial charge in [-0.05, 0) is 32.8 Å². The molecule has 0 aliphatic carbocycles. The standard InChI is InChI=1S/C14H22N4OS/c1-4-6-15-14-17-12(16-9(2)5-7-19)11-8-10(3)20-13(11)18-14/h8-9,19H,4-7H2,1-3H3,(H2,15,16,17,18). The van der Waals surface area contributed by atoms with Crippen LogP contribution in [-0.4, -0.2) is 34.3 Å². The summed E-state index contributed by atoms with van der Waals surface area (Å²) in [5.41, 5.74) is 0. The number of fused-ring (bicyclic) bond motifs is 1. The van der Waals surface area contributed by atoms with Gasteiger partial charge in [0.05, 0.1) is 5.39 Å². The SMILES string of the molecule is CCCNc1nc(NC(C)CCO)c2cc(C)sc2n1. The normalized spacial score (nSPS) is 12.6. The monoisotopic (exact) mass is 294 g/mol. The van der Waals surface area contributed by atoms with Crippen molar-refractivity contribution in [1.82, 2.24) is 9.97 Å². The summed E-state index contributed by atoms with van der Waals surface area (Å²) in [6.07, 6.45) is 1.74. The largest absolute Gasteiger partial charge is 0.396 e. The lowest BCUT2D eigenvalue weighted by molar-refractivity contribution is 0.282. The van der Waals surface area contributed by atoms with E-state index in [1.165, 1.54) is 4.88 Å². The Balaban J connectivity index is 2.33. The molecule has 20 heavy (non-hydrogen) atoms. The lowest BCUT2D eigenvalue weighted by Gasteiger charge is -2.15. The fourth-order valence-corrected chi connectivity index (χ4v) is 2.85. The Hall–Kier alpha value is -1.40. The van der Waals surface area contributed by atoms with Gasteiger partial charge in [-0.15, -0.1) is 11.3 Å². The maximum atomic E-state index is 9.02. The molecule has 2 rings (SSSR count). The number of anilines is 2. The minimum atomic E-state index is 0.173. The molecule has 0 fully saturated rings. The number of thiophene rings is 1. The van der Waals surface area contributed by atoms with Gasteiger partial charge in [-0.1, -0.05) is 6.92 Å². The van der Waals surface area contributed by atoms with Crippen molar-refractivity contribution in [2.24, 2.45) is 0 Å². The van der Waals surface area contributed by atoms with E-state index in [-0.39, 0.29) is 12.6 Å². The molecule has 0 amide bonds.